The van der Waals surface area contributed by atoms with Crippen LogP contribution in [0.5, 0.6) is 11.5 Å². The molecule has 0 fully saturated rings. The predicted octanol–water partition coefficient (Wildman–Crippen LogP) is 4.12. The van der Waals surface area contributed by atoms with Gasteiger partial charge in [0.1, 0.15) is 11.5 Å². The zero-order valence-corrected chi connectivity index (χ0v) is 16.1. The molecule has 2 N–H and O–H groups in total. The Morgan fingerprint density at radius 2 is 2.08 bits per heavy atom. The first-order valence-electron chi connectivity index (χ1n) is 7.88. The number of imidazole rings is 1. The number of nitrogens with one attached hydrogen (secondary N) is 2. The maximum Gasteiger partial charge on any atom is 0.234 e. The summed E-state index contributed by atoms with van der Waals surface area (Å²) in [5.41, 5.74) is 2.39. The van der Waals surface area contributed by atoms with Gasteiger partial charge in [-0.3, -0.25) is 4.79 Å². The first-order chi connectivity index (χ1) is 12.2. The lowest BCUT2D eigenvalue weighted by Gasteiger charge is -2.10. The van der Waals surface area contributed by atoms with Crippen LogP contribution in [-0.2, 0) is 4.79 Å². The highest BCUT2D eigenvalue weighted by molar-refractivity contribution is 7.99. The number of carbonyl (C=O) groups is 1. The Labute approximate surface area is 162 Å². The van der Waals surface area contributed by atoms with Gasteiger partial charge in [0.05, 0.1) is 36.2 Å². The number of hydrogen-bond acceptors (Lipinski definition) is 5. The quantitative estimate of drug-likeness (QED) is 0.590. The number of anilines is 1. The second kappa shape index (κ2) is 9.35. The second-order valence-electron chi connectivity index (χ2n) is 5.19. The highest BCUT2D eigenvalue weighted by atomic mass is 35.5. The summed E-state index contributed by atoms with van der Waals surface area (Å²) in [5.74, 6) is 1.56. The molecule has 1 heterocycles. The molecule has 0 aliphatic carbocycles. The number of methoxy groups -OCH3 is 1. The van der Waals surface area contributed by atoms with E-state index < -0.39 is 0 Å². The number of halogens is 1. The number of hydrogen-bond donors (Lipinski definition) is 2. The van der Waals surface area contributed by atoms with Crippen LogP contribution >= 0.6 is 24.2 Å². The largest absolute Gasteiger partial charge is 0.497 e. The minimum absolute atomic E-state index is 0. The number of aromatic amines is 1. The summed E-state index contributed by atoms with van der Waals surface area (Å²) >= 11 is 1.35. The van der Waals surface area contributed by atoms with E-state index >= 15 is 0 Å². The predicted molar refractivity (Wildman–Crippen MR) is 107 cm³/mol. The molecule has 0 saturated heterocycles. The minimum Gasteiger partial charge on any atom is -0.497 e. The first-order valence-corrected chi connectivity index (χ1v) is 8.86. The third kappa shape index (κ3) is 4.83. The van der Waals surface area contributed by atoms with Crippen LogP contribution in [-0.4, -0.2) is 35.3 Å². The molecular weight excluding hydrogens is 374 g/mol. The van der Waals surface area contributed by atoms with Crippen molar-refractivity contribution >= 4 is 46.8 Å². The molecule has 0 saturated carbocycles. The number of rotatable bonds is 7. The third-order valence-electron chi connectivity index (χ3n) is 3.47. The van der Waals surface area contributed by atoms with Gasteiger partial charge in [0.15, 0.2) is 5.16 Å². The number of benzene rings is 2. The van der Waals surface area contributed by atoms with Crippen LogP contribution in [0.3, 0.4) is 0 Å². The zero-order chi connectivity index (χ0) is 17.6. The molecule has 1 aromatic heterocycles. The van der Waals surface area contributed by atoms with Crippen molar-refractivity contribution in [2.75, 3.05) is 24.8 Å². The monoisotopic (exact) mass is 393 g/mol. The van der Waals surface area contributed by atoms with Gasteiger partial charge in [-0.25, -0.2) is 4.98 Å². The van der Waals surface area contributed by atoms with Crippen LogP contribution in [0.1, 0.15) is 6.92 Å². The molecule has 0 aliphatic heterocycles. The van der Waals surface area contributed by atoms with Crippen molar-refractivity contribution < 1.29 is 14.3 Å². The molecule has 0 radical (unpaired) electrons. The summed E-state index contributed by atoms with van der Waals surface area (Å²) < 4.78 is 10.7. The third-order valence-corrected chi connectivity index (χ3v) is 4.34. The lowest BCUT2D eigenvalue weighted by Crippen LogP contribution is -2.15. The average molecular weight is 394 g/mol. The van der Waals surface area contributed by atoms with Crippen LogP contribution in [0.4, 0.5) is 5.69 Å². The van der Waals surface area contributed by atoms with Crippen LogP contribution < -0.4 is 14.8 Å². The Bertz CT molecular complexity index is 885. The van der Waals surface area contributed by atoms with Gasteiger partial charge in [0.25, 0.3) is 0 Å². The number of para-hydroxylation sites is 2. The van der Waals surface area contributed by atoms with E-state index in [2.05, 4.69) is 15.3 Å². The van der Waals surface area contributed by atoms with E-state index in [9.17, 15) is 4.79 Å². The summed E-state index contributed by atoms with van der Waals surface area (Å²) in [6, 6.07) is 13.0. The number of thioether (sulfide) groups is 1. The van der Waals surface area contributed by atoms with E-state index in [4.69, 9.17) is 9.47 Å². The zero-order valence-electron chi connectivity index (χ0n) is 14.4. The molecule has 0 unspecified atom stereocenters. The summed E-state index contributed by atoms with van der Waals surface area (Å²) in [5, 5.41) is 3.56. The van der Waals surface area contributed by atoms with Gasteiger partial charge in [-0.2, -0.15) is 0 Å². The van der Waals surface area contributed by atoms with Crippen molar-refractivity contribution in [2.24, 2.45) is 0 Å². The van der Waals surface area contributed by atoms with Crippen molar-refractivity contribution in [1.29, 1.82) is 0 Å². The van der Waals surface area contributed by atoms with Crippen LogP contribution in [0.15, 0.2) is 47.6 Å². The van der Waals surface area contributed by atoms with Gasteiger partial charge in [0, 0.05) is 6.07 Å². The molecule has 0 bridgehead atoms. The Balaban J connectivity index is 0.00000243. The van der Waals surface area contributed by atoms with Crippen LogP contribution in [0.2, 0.25) is 0 Å². The highest BCUT2D eigenvalue weighted by Gasteiger charge is 2.10. The van der Waals surface area contributed by atoms with E-state index in [-0.39, 0.29) is 24.1 Å². The van der Waals surface area contributed by atoms with Gasteiger partial charge in [-0.15, -0.1) is 12.4 Å². The first kappa shape index (κ1) is 19.9. The standard InChI is InChI=1S/C18H19N3O3S.ClH/c1-3-24-16-7-5-4-6-14(16)19-17(22)11-25-18-20-13-9-8-12(23-2)10-15(13)21-18;/h4-10H,3,11H2,1-2H3,(H,19,22)(H,20,21);1H. The number of H-pyrrole nitrogens is 1. The van der Waals surface area contributed by atoms with E-state index in [1.807, 2.05) is 49.4 Å². The maximum atomic E-state index is 12.2. The van der Waals surface area contributed by atoms with Crippen molar-refractivity contribution in [3.8, 4) is 11.5 Å². The molecule has 3 rings (SSSR count). The smallest absolute Gasteiger partial charge is 0.234 e. The van der Waals surface area contributed by atoms with Crippen molar-refractivity contribution in [1.82, 2.24) is 9.97 Å². The molecule has 138 valence electrons. The summed E-state index contributed by atoms with van der Waals surface area (Å²) in [7, 11) is 1.62. The summed E-state index contributed by atoms with van der Waals surface area (Å²) in [6.07, 6.45) is 0. The Kier molecular flexibility index (Phi) is 7.17. The van der Waals surface area contributed by atoms with Crippen molar-refractivity contribution in [2.45, 2.75) is 12.1 Å². The van der Waals surface area contributed by atoms with E-state index in [1.165, 1.54) is 11.8 Å². The van der Waals surface area contributed by atoms with Gasteiger partial charge < -0.3 is 19.8 Å². The van der Waals surface area contributed by atoms with E-state index in [0.29, 0.717) is 23.2 Å². The Hall–Kier alpha value is -2.38. The Morgan fingerprint density at radius 1 is 1.27 bits per heavy atom. The van der Waals surface area contributed by atoms with Gasteiger partial charge in [-0.05, 0) is 31.2 Å². The fourth-order valence-electron chi connectivity index (χ4n) is 2.33. The van der Waals surface area contributed by atoms with Gasteiger partial charge >= 0.3 is 0 Å². The molecule has 2 aromatic carbocycles. The van der Waals surface area contributed by atoms with Gasteiger partial charge in [0.2, 0.25) is 5.91 Å². The minimum atomic E-state index is -0.116. The topological polar surface area (TPSA) is 76.2 Å². The molecule has 8 heteroatoms. The number of aromatic nitrogens is 2. The number of fused-ring (bicyclic) bond motifs is 1. The lowest BCUT2D eigenvalue weighted by atomic mass is 10.3. The number of carbonyl (C=O) groups excluding carboxylic acids is 1. The normalized spacial score (nSPS) is 10.2. The van der Waals surface area contributed by atoms with Crippen molar-refractivity contribution in [3.63, 3.8) is 0 Å². The van der Waals surface area contributed by atoms with Crippen LogP contribution in [0, 0.1) is 0 Å². The SMILES string of the molecule is CCOc1ccccc1NC(=O)CSc1nc2ccc(OC)cc2[nH]1.Cl. The number of nitrogens with zero attached hydrogens (tertiary/aromatic N) is 1. The van der Waals surface area contributed by atoms with Crippen LogP contribution in [0.25, 0.3) is 11.0 Å². The maximum absolute atomic E-state index is 12.2. The number of amides is 1. The molecule has 0 atom stereocenters. The highest BCUT2D eigenvalue weighted by Crippen LogP contribution is 2.25. The average Bonchev–Trinajstić information content (AvgIpc) is 3.04. The molecular formula is C18H20ClN3O3S. The fourth-order valence-corrected chi connectivity index (χ4v) is 3.02. The molecule has 0 aliphatic rings. The Morgan fingerprint density at radius 3 is 2.85 bits per heavy atom. The summed E-state index contributed by atoms with van der Waals surface area (Å²) in [4.78, 5) is 19.9. The van der Waals surface area contributed by atoms with Crippen molar-refractivity contribution in [3.05, 3.63) is 42.5 Å². The number of ether oxygens (including phenoxy) is 2. The molecule has 6 nitrogen and oxygen atoms in total. The lowest BCUT2D eigenvalue weighted by molar-refractivity contribution is -0.113. The second-order valence-corrected chi connectivity index (χ2v) is 6.16. The molecule has 1 amide bonds. The van der Waals surface area contributed by atoms with Gasteiger partial charge in [-0.1, -0.05) is 23.9 Å². The van der Waals surface area contributed by atoms with E-state index in [0.717, 1.165) is 16.8 Å². The molecule has 3 aromatic rings. The molecule has 0 spiro atoms. The van der Waals surface area contributed by atoms with E-state index in [1.54, 1.807) is 7.11 Å². The fraction of sp³-hybridized carbons (Fsp3) is 0.222. The summed E-state index contributed by atoms with van der Waals surface area (Å²) in [6.45, 7) is 2.45. The molecule has 26 heavy (non-hydrogen) atoms.